The van der Waals surface area contributed by atoms with Gasteiger partial charge in [0.2, 0.25) is 0 Å². The molecule has 0 bridgehead atoms. The molecule has 1 aromatic carbocycles. The highest BCUT2D eigenvalue weighted by Gasteiger charge is 2.31. The van der Waals surface area contributed by atoms with Gasteiger partial charge in [0.05, 0.1) is 7.11 Å². The van der Waals surface area contributed by atoms with E-state index in [-0.39, 0.29) is 30.8 Å². The lowest BCUT2D eigenvalue weighted by Crippen LogP contribution is -2.50. The van der Waals surface area contributed by atoms with Crippen molar-refractivity contribution in [1.82, 2.24) is 9.88 Å². The number of allylic oxidation sites excluding steroid dienone is 2. The molecule has 208 valence electrons. The molecule has 1 aromatic heterocycles. The molecule has 0 atom stereocenters. The minimum atomic E-state index is -0.0164. The summed E-state index contributed by atoms with van der Waals surface area (Å²) in [7, 11) is 1.62. The third kappa shape index (κ3) is 10.8. The molecule has 2 heterocycles. The molecule has 8 nitrogen and oxygen atoms in total. The number of aryl methyl sites for hydroxylation is 1. The molecule has 0 unspecified atom stereocenters. The smallest absolute Gasteiger partial charge is 0.272 e. The van der Waals surface area contributed by atoms with Crippen molar-refractivity contribution < 1.29 is 29.6 Å². The van der Waals surface area contributed by atoms with E-state index in [1.54, 1.807) is 32.4 Å². The topological polar surface area (TPSA) is 112 Å². The van der Waals surface area contributed by atoms with Crippen molar-refractivity contribution in [2.45, 2.75) is 33.8 Å². The van der Waals surface area contributed by atoms with Gasteiger partial charge >= 0.3 is 0 Å². The summed E-state index contributed by atoms with van der Waals surface area (Å²) >= 11 is 0. The van der Waals surface area contributed by atoms with Crippen LogP contribution in [-0.2, 0) is 16.1 Å². The first-order valence-corrected chi connectivity index (χ1v) is 12.6. The number of aromatic hydroxyl groups is 1. The highest BCUT2D eigenvalue weighted by Crippen LogP contribution is 2.24. The van der Waals surface area contributed by atoms with Gasteiger partial charge in [-0.3, -0.25) is 9.78 Å². The second-order valence-corrected chi connectivity index (χ2v) is 8.88. The fourth-order valence-corrected chi connectivity index (χ4v) is 3.37. The fourth-order valence-electron chi connectivity index (χ4n) is 3.37. The number of carbonyl (C=O) groups is 1. The van der Waals surface area contributed by atoms with Crippen LogP contribution < -0.4 is 0 Å². The number of likely N-dealkylation sites (tertiary alicyclic amines) is 1. The lowest BCUT2D eigenvalue weighted by Gasteiger charge is -2.38. The zero-order valence-corrected chi connectivity index (χ0v) is 23.0. The molecule has 0 radical (unpaired) electrons. The molecular formula is C30H42N2O6. The number of benzene rings is 1. The lowest BCUT2D eigenvalue weighted by atomic mass is 9.95. The van der Waals surface area contributed by atoms with Gasteiger partial charge in [-0.05, 0) is 73.7 Å². The van der Waals surface area contributed by atoms with Gasteiger partial charge < -0.3 is 29.7 Å². The molecule has 1 aliphatic rings. The van der Waals surface area contributed by atoms with Gasteiger partial charge in [-0.2, -0.15) is 0 Å². The van der Waals surface area contributed by atoms with Crippen molar-refractivity contribution in [2.75, 3.05) is 33.4 Å². The van der Waals surface area contributed by atoms with Crippen molar-refractivity contribution >= 4 is 5.91 Å². The highest BCUT2D eigenvalue weighted by molar-refractivity contribution is 5.93. The molecule has 1 fully saturated rings. The van der Waals surface area contributed by atoms with Gasteiger partial charge in [0.25, 0.3) is 5.91 Å². The van der Waals surface area contributed by atoms with Crippen LogP contribution in [0.4, 0.5) is 0 Å². The number of aliphatic hydroxyl groups excluding tert-OH is 2. The van der Waals surface area contributed by atoms with Crippen molar-refractivity contribution in [3.8, 4) is 5.75 Å². The first-order valence-electron chi connectivity index (χ1n) is 12.6. The minimum Gasteiger partial charge on any atom is -0.508 e. The number of ether oxygens (including phenoxy) is 2. The number of hydrogen-bond donors (Lipinski definition) is 3. The lowest BCUT2D eigenvalue weighted by molar-refractivity contribution is 0.0497. The third-order valence-electron chi connectivity index (χ3n) is 5.69. The predicted octanol–water partition coefficient (Wildman–Crippen LogP) is 4.62. The summed E-state index contributed by atoms with van der Waals surface area (Å²) in [5.41, 5.74) is 2.49. The first kappa shape index (κ1) is 32.4. The van der Waals surface area contributed by atoms with Crippen LogP contribution in [0.2, 0.25) is 0 Å². The van der Waals surface area contributed by atoms with E-state index < -0.39 is 0 Å². The van der Waals surface area contributed by atoms with E-state index >= 15 is 0 Å². The molecular weight excluding hydrogens is 484 g/mol. The Morgan fingerprint density at radius 3 is 2.29 bits per heavy atom. The van der Waals surface area contributed by atoms with Crippen LogP contribution in [0.3, 0.4) is 0 Å². The van der Waals surface area contributed by atoms with Gasteiger partial charge in [-0.1, -0.05) is 19.1 Å². The Hall–Kier alpha value is -3.62. The SMILES string of the molecule is C/C=C(OCc1ccc(O)cc1)\C(=C/CC1CN(C(=O)c2cc(C)ccn2)C1)OC.C=C.CC(CO)CO. The maximum absolute atomic E-state index is 12.5. The summed E-state index contributed by atoms with van der Waals surface area (Å²) in [5.74, 6) is 2.00. The maximum atomic E-state index is 12.5. The summed E-state index contributed by atoms with van der Waals surface area (Å²) in [6.45, 7) is 13.6. The van der Waals surface area contributed by atoms with E-state index in [9.17, 15) is 9.90 Å². The minimum absolute atomic E-state index is 0.0164. The Balaban J connectivity index is 0.000000795. The molecule has 1 aliphatic heterocycles. The van der Waals surface area contributed by atoms with Crippen molar-refractivity contribution in [3.63, 3.8) is 0 Å². The van der Waals surface area contributed by atoms with Crippen LogP contribution >= 0.6 is 0 Å². The Morgan fingerprint density at radius 1 is 1.16 bits per heavy atom. The normalized spacial score (nSPS) is 13.5. The highest BCUT2D eigenvalue weighted by atomic mass is 16.5. The number of phenols is 1. The zero-order valence-electron chi connectivity index (χ0n) is 23.0. The van der Waals surface area contributed by atoms with Crippen LogP contribution in [0.5, 0.6) is 5.75 Å². The van der Waals surface area contributed by atoms with Gasteiger partial charge in [0.15, 0.2) is 11.5 Å². The molecule has 0 saturated carbocycles. The number of pyridine rings is 1. The van der Waals surface area contributed by atoms with E-state index in [1.807, 2.05) is 55.2 Å². The van der Waals surface area contributed by atoms with Crippen LogP contribution in [0, 0.1) is 18.8 Å². The second kappa shape index (κ2) is 17.8. The van der Waals surface area contributed by atoms with E-state index in [4.69, 9.17) is 19.7 Å². The Labute approximate surface area is 226 Å². The quantitative estimate of drug-likeness (QED) is 0.235. The first-order chi connectivity index (χ1) is 18.3. The fraction of sp³-hybridized carbons (Fsp3) is 0.400. The average Bonchev–Trinajstić information content (AvgIpc) is 2.92. The summed E-state index contributed by atoms with van der Waals surface area (Å²) in [6.07, 6.45) is 6.36. The van der Waals surface area contributed by atoms with Crippen molar-refractivity contribution in [3.05, 3.63) is 96.2 Å². The third-order valence-corrected chi connectivity index (χ3v) is 5.69. The van der Waals surface area contributed by atoms with Crippen LogP contribution in [0.25, 0.3) is 0 Å². The molecule has 3 N–H and O–H groups in total. The molecule has 1 amide bonds. The molecule has 3 rings (SSSR count). The molecule has 2 aromatic rings. The van der Waals surface area contributed by atoms with Gasteiger partial charge in [0, 0.05) is 38.4 Å². The largest absolute Gasteiger partial charge is 0.508 e. The number of carbonyl (C=O) groups excluding carboxylic acids is 1. The number of rotatable bonds is 10. The summed E-state index contributed by atoms with van der Waals surface area (Å²) in [4.78, 5) is 18.5. The molecule has 0 aliphatic carbocycles. The summed E-state index contributed by atoms with van der Waals surface area (Å²) in [6, 6.07) is 10.6. The average molecular weight is 527 g/mol. The van der Waals surface area contributed by atoms with E-state index in [2.05, 4.69) is 18.1 Å². The summed E-state index contributed by atoms with van der Waals surface area (Å²) < 4.78 is 11.4. The molecule has 0 spiro atoms. The summed E-state index contributed by atoms with van der Waals surface area (Å²) in [5, 5.41) is 25.7. The number of aromatic nitrogens is 1. The van der Waals surface area contributed by atoms with Gasteiger partial charge in [-0.25, -0.2) is 0 Å². The monoisotopic (exact) mass is 526 g/mol. The van der Waals surface area contributed by atoms with Crippen molar-refractivity contribution in [1.29, 1.82) is 0 Å². The number of aliphatic hydroxyl groups is 2. The van der Waals surface area contributed by atoms with Gasteiger partial charge in [0.1, 0.15) is 18.1 Å². The number of nitrogens with zero attached hydrogens (tertiary/aromatic N) is 2. The second-order valence-electron chi connectivity index (χ2n) is 8.88. The Bertz CT molecular complexity index is 1030. The van der Waals surface area contributed by atoms with E-state index in [1.165, 1.54) is 0 Å². The number of hydrogen-bond acceptors (Lipinski definition) is 7. The van der Waals surface area contributed by atoms with Gasteiger partial charge in [-0.15, -0.1) is 13.2 Å². The van der Waals surface area contributed by atoms with Crippen molar-refractivity contribution in [2.24, 2.45) is 11.8 Å². The number of methoxy groups -OCH3 is 1. The van der Waals surface area contributed by atoms with E-state index in [0.29, 0.717) is 42.8 Å². The number of amides is 1. The molecule has 1 saturated heterocycles. The molecule has 38 heavy (non-hydrogen) atoms. The van der Waals surface area contributed by atoms with E-state index in [0.717, 1.165) is 17.5 Å². The van der Waals surface area contributed by atoms with Crippen LogP contribution in [-0.4, -0.2) is 64.5 Å². The van der Waals surface area contributed by atoms with Crippen LogP contribution in [0.1, 0.15) is 41.9 Å². The Morgan fingerprint density at radius 2 is 1.79 bits per heavy atom. The number of phenolic OH excluding ortho intramolecular Hbond substituents is 1. The molecule has 8 heteroatoms. The Kier molecular flexibility index (Phi) is 15.2. The zero-order chi connectivity index (χ0) is 28.5. The predicted molar refractivity (Wildman–Crippen MR) is 149 cm³/mol. The van der Waals surface area contributed by atoms with Crippen LogP contribution in [0.15, 0.2) is 79.4 Å². The standard InChI is InChI=1S/C24H28N2O4.C4H10O2.C2H4/c1-4-22(30-16-18-5-8-20(27)9-6-18)23(29-3)10-7-19-14-26(15-19)24(28)21-13-17(2)11-12-25-21;1-4(2-5)3-6;1-2/h4-6,8-13,19,27H,7,14-16H2,1-3H3;4-6H,2-3H2,1H3;1-2H2/b22-4+,23-10+;;. The maximum Gasteiger partial charge on any atom is 0.272 e.